The van der Waals surface area contributed by atoms with E-state index in [-0.39, 0.29) is 24.3 Å². The van der Waals surface area contributed by atoms with Gasteiger partial charge >= 0.3 is 6.03 Å². The number of nitrogens with zero attached hydrogens (tertiary/aromatic N) is 2. The first-order valence-corrected chi connectivity index (χ1v) is 8.84. The molecule has 2 aromatic rings. The lowest BCUT2D eigenvalue weighted by Crippen LogP contribution is -2.43. The monoisotopic (exact) mass is 353 g/mol. The molecule has 1 unspecified atom stereocenters. The van der Waals surface area contributed by atoms with Crippen LogP contribution in [0.25, 0.3) is 10.8 Å². The van der Waals surface area contributed by atoms with Crippen LogP contribution >= 0.6 is 0 Å². The van der Waals surface area contributed by atoms with Crippen LogP contribution in [0.2, 0.25) is 0 Å². The highest BCUT2D eigenvalue weighted by atomic mass is 16.2. The number of urea groups is 1. The average molecular weight is 353 g/mol. The summed E-state index contributed by atoms with van der Waals surface area (Å²) >= 11 is 0. The van der Waals surface area contributed by atoms with Crippen LogP contribution in [0.4, 0.5) is 10.5 Å². The second-order valence-electron chi connectivity index (χ2n) is 6.73. The molecule has 1 heterocycles. The predicted octanol–water partition coefficient (Wildman–Crippen LogP) is 2.77. The van der Waals surface area contributed by atoms with Crippen LogP contribution in [0.1, 0.15) is 20.8 Å². The Morgan fingerprint density at radius 2 is 1.85 bits per heavy atom. The molecule has 4 amide bonds. The van der Waals surface area contributed by atoms with Crippen LogP contribution in [0.5, 0.6) is 0 Å². The number of likely N-dealkylation sites (N-methyl/N-ethyl adjacent to an activating group) is 1. The second kappa shape index (κ2) is 7.15. The number of rotatable bonds is 5. The molecule has 0 bridgehead atoms. The van der Waals surface area contributed by atoms with Gasteiger partial charge in [0.1, 0.15) is 12.6 Å². The molecule has 6 heteroatoms. The number of benzene rings is 2. The van der Waals surface area contributed by atoms with Crippen molar-refractivity contribution in [3.63, 3.8) is 0 Å². The van der Waals surface area contributed by atoms with Crippen molar-refractivity contribution < 1.29 is 14.4 Å². The van der Waals surface area contributed by atoms with Gasteiger partial charge in [-0.25, -0.2) is 4.79 Å². The van der Waals surface area contributed by atoms with Gasteiger partial charge < -0.3 is 10.2 Å². The summed E-state index contributed by atoms with van der Waals surface area (Å²) in [6.07, 6.45) is 0. The van der Waals surface area contributed by atoms with Gasteiger partial charge in [0.05, 0.1) is 5.69 Å². The third kappa shape index (κ3) is 3.14. The zero-order chi connectivity index (χ0) is 18.8. The maximum absolute atomic E-state index is 12.9. The van der Waals surface area contributed by atoms with Gasteiger partial charge in [-0.15, -0.1) is 0 Å². The summed E-state index contributed by atoms with van der Waals surface area (Å²) in [5.74, 6) is -0.643. The minimum atomic E-state index is -0.567. The van der Waals surface area contributed by atoms with Crippen LogP contribution in [0.15, 0.2) is 42.5 Å². The van der Waals surface area contributed by atoms with E-state index in [1.54, 1.807) is 4.90 Å². The molecule has 0 aromatic heterocycles. The standard InChI is InChI=1S/C20H23N3O3/c1-4-22(16-11-7-9-14-8-5-6-10-15(14)16)17(24)12-23-19(25)18(13(2)3)21-20(23)26/h5-11,13,18H,4,12H2,1-3H3,(H,21,26). The number of fused-ring (bicyclic) bond motifs is 1. The Balaban J connectivity index is 1.86. The smallest absolute Gasteiger partial charge is 0.325 e. The van der Waals surface area contributed by atoms with E-state index in [2.05, 4.69) is 5.32 Å². The highest BCUT2D eigenvalue weighted by Crippen LogP contribution is 2.27. The summed E-state index contributed by atoms with van der Waals surface area (Å²) < 4.78 is 0. The molecule has 1 atom stereocenters. The maximum Gasteiger partial charge on any atom is 0.325 e. The Hall–Kier alpha value is -2.89. The molecule has 26 heavy (non-hydrogen) atoms. The van der Waals surface area contributed by atoms with E-state index in [0.29, 0.717) is 6.54 Å². The SMILES string of the molecule is CCN(C(=O)CN1C(=O)NC(C(C)C)C1=O)c1cccc2ccccc12. The quantitative estimate of drug-likeness (QED) is 0.841. The first-order valence-electron chi connectivity index (χ1n) is 8.84. The zero-order valence-corrected chi connectivity index (χ0v) is 15.2. The lowest BCUT2D eigenvalue weighted by Gasteiger charge is -2.24. The van der Waals surface area contributed by atoms with Crippen LogP contribution in [-0.4, -0.2) is 41.9 Å². The normalized spacial score (nSPS) is 17.1. The largest absolute Gasteiger partial charge is 0.326 e. The van der Waals surface area contributed by atoms with Crippen LogP contribution in [0.3, 0.4) is 0 Å². The van der Waals surface area contributed by atoms with E-state index in [1.807, 2.05) is 63.2 Å². The topological polar surface area (TPSA) is 69.7 Å². The first-order chi connectivity index (χ1) is 12.4. The van der Waals surface area contributed by atoms with Crippen LogP contribution < -0.4 is 10.2 Å². The fraction of sp³-hybridized carbons (Fsp3) is 0.350. The average Bonchev–Trinajstić information content (AvgIpc) is 2.91. The van der Waals surface area contributed by atoms with Gasteiger partial charge in [-0.3, -0.25) is 14.5 Å². The molecule has 0 spiro atoms. The van der Waals surface area contributed by atoms with E-state index in [4.69, 9.17) is 0 Å². The molecular formula is C20H23N3O3. The molecule has 6 nitrogen and oxygen atoms in total. The maximum atomic E-state index is 12.9. The van der Waals surface area contributed by atoms with E-state index in [1.165, 1.54) is 0 Å². The van der Waals surface area contributed by atoms with Crippen molar-refractivity contribution in [1.82, 2.24) is 10.2 Å². The fourth-order valence-corrected chi connectivity index (χ4v) is 3.29. The molecule has 2 aromatic carbocycles. The van der Waals surface area contributed by atoms with Gasteiger partial charge in [0.2, 0.25) is 5.91 Å². The van der Waals surface area contributed by atoms with Crippen molar-refractivity contribution in [3.8, 4) is 0 Å². The van der Waals surface area contributed by atoms with Gasteiger partial charge in [0, 0.05) is 11.9 Å². The van der Waals surface area contributed by atoms with Crippen LogP contribution in [0, 0.1) is 5.92 Å². The molecular weight excluding hydrogens is 330 g/mol. The summed E-state index contributed by atoms with van der Waals surface area (Å²) in [5, 5.41) is 4.65. The van der Waals surface area contributed by atoms with Gasteiger partial charge in [-0.2, -0.15) is 0 Å². The summed E-state index contributed by atoms with van der Waals surface area (Å²) in [5.41, 5.74) is 0.781. The lowest BCUT2D eigenvalue weighted by molar-refractivity contribution is -0.132. The number of carbonyl (C=O) groups excluding carboxylic acids is 3. The molecule has 1 saturated heterocycles. The molecule has 0 saturated carbocycles. The van der Waals surface area contributed by atoms with Gasteiger partial charge in [-0.1, -0.05) is 50.2 Å². The summed E-state index contributed by atoms with van der Waals surface area (Å²) in [6, 6.07) is 12.5. The number of anilines is 1. The molecule has 136 valence electrons. The van der Waals surface area contributed by atoms with Gasteiger partial charge in [0.15, 0.2) is 0 Å². The predicted molar refractivity (Wildman–Crippen MR) is 101 cm³/mol. The molecule has 1 aliphatic rings. The Labute approximate surface area is 152 Å². The molecule has 0 radical (unpaired) electrons. The van der Waals surface area contributed by atoms with E-state index in [0.717, 1.165) is 21.4 Å². The van der Waals surface area contributed by atoms with Crippen molar-refractivity contribution in [2.24, 2.45) is 5.92 Å². The van der Waals surface area contributed by atoms with E-state index < -0.39 is 12.1 Å². The Morgan fingerprint density at radius 3 is 2.50 bits per heavy atom. The number of hydrogen-bond acceptors (Lipinski definition) is 3. The number of carbonyl (C=O) groups is 3. The first kappa shape index (κ1) is 17.9. The highest BCUT2D eigenvalue weighted by molar-refractivity contribution is 6.10. The fourth-order valence-electron chi connectivity index (χ4n) is 3.29. The lowest BCUT2D eigenvalue weighted by atomic mass is 10.1. The third-order valence-electron chi connectivity index (χ3n) is 4.69. The zero-order valence-electron chi connectivity index (χ0n) is 15.2. The molecule has 0 aliphatic carbocycles. The van der Waals surface area contributed by atoms with Crippen LogP contribution in [-0.2, 0) is 9.59 Å². The van der Waals surface area contributed by atoms with E-state index >= 15 is 0 Å². The Morgan fingerprint density at radius 1 is 1.15 bits per heavy atom. The number of hydrogen-bond donors (Lipinski definition) is 1. The van der Waals surface area contributed by atoms with Gasteiger partial charge in [0.25, 0.3) is 5.91 Å². The molecule has 3 rings (SSSR count). The van der Waals surface area contributed by atoms with Crippen molar-refractivity contribution in [2.45, 2.75) is 26.8 Å². The van der Waals surface area contributed by atoms with Crippen molar-refractivity contribution >= 4 is 34.3 Å². The molecule has 1 N–H and O–H groups in total. The summed E-state index contributed by atoms with van der Waals surface area (Å²) in [6.45, 7) is 5.79. The summed E-state index contributed by atoms with van der Waals surface area (Å²) in [7, 11) is 0. The second-order valence-corrected chi connectivity index (χ2v) is 6.73. The molecule has 1 aliphatic heterocycles. The number of amides is 4. The van der Waals surface area contributed by atoms with Crippen molar-refractivity contribution in [3.05, 3.63) is 42.5 Å². The molecule has 1 fully saturated rings. The summed E-state index contributed by atoms with van der Waals surface area (Å²) in [4.78, 5) is 40.1. The minimum absolute atomic E-state index is 0.0214. The van der Waals surface area contributed by atoms with Crippen molar-refractivity contribution in [1.29, 1.82) is 0 Å². The Bertz CT molecular complexity index is 857. The Kier molecular flexibility index (Phi) is 4.93. The third-order valence-corrected chi connectivity index (χ3v) is 4.69. The van der Waals surface area contributed by atoms with Gasteiger partial charge in [-0.05, 0) is 24.3 Å². The highest BCUT2D eigenvalue weighted by Gasteiger charge is 2.41. The minimum Gasteiger partial charge on any atom is -0.326 e. The number of nitrogens with one attached hydrogen (secondary N) is 1. The van der Waals surface area contributed by atoms with Crippen molar-refractivity contribution in [2.75, 3.05) is 18.0 Å². The van der Waals surface area contributed by atoms with E-state index in [9.17, 15) is 14.4 Å². The number of imide groups is 1.